The molecule has 110 valence electrons. The topological polar surface area (TPSA) is 54.7 Å². The molecule has 4 aliphatic carbocycles. The van der Waals surface area contributed by atoms with E-state index in [0.29, 0.717) is 11.3 Å². The molecule has 0 aromatic carbocycles. The van der Waals surface area contributed by atoms with Crippen LogP contribution in [0.25, 0.3) is 0 Å². The number of nitrogens with one attached hydrogen (secondary N) is 1. The van der Waals surface area contributed by atoms with E-state index >= 15 is 0 Å². The van der Waals surface area contributed by atoms with E-state index in [1.165, 1.54) is 49.8 Å². The van der Waals surface area contributed by atoms with Crippen LogP contribution in [0.4, 0.5) is 0 Å². The predicted molar refractivity (Wildman–Crippen MR) is 80.2 cm³/mol. The van der Waals surface area contributed by atoms with Crippen molar-refractivity contribution in [2.24, 2.45) is 29.4 Å². The summed E-state index contributed by atoms with van der Waals surface area (Å²) in [7, 11) is 0. The van der Waals surface area contributed by atoms with Gasteiger partial charge in [0.2, 0.25) is 0 Å². The van der Waals surface area contributed by atoms with E-state index in [0.717, 1.165) is 17.8 Å². The Morgan fingerprint density at radius 3 is 2.20 bits per heavy atom. The zero-order chi connectivity index (χ0) is 13.9. The molecule has 1 aromatic rings. The molecular formula is C17H27N3. The van der Waals surface area contributed by atoms with Gasteiger partial charge in [0.25, 0.3) is 0 Å². The first-order chi connectivity index (χ1) is 9.57. The highest BCUT2D eigenvalue weighted by Crippen LogP contribution is 2.61. The lowest BCUT2D eigenvalue weighted by Crippen LogP contribution is -2.49. The first-order valence-corrected chi connectivity index (χ1v) is 8.37. The molecule has 0 radical (unpaired) electrons. The number of nitrogens with two attached hydrogens (primary N) is 1. The molecule has 1 heterocycles. The zero-order valence-electron chi connectivity index (χ0n) is 12.7. The van der Waals surface area contributed by atoms with E-state index in [2.05, 4.69) is 30.2 Å². The van der Waals surface area contributed by atoms with Gasteiger partial charge in [-0.15, -0.1) is 0 Å². The number of hydrogen-bond donors (Lipinski definition) is 2. The van der Waals surface area contributed by atoms with Gasteiger partial charge in [-0.1, -0.05) is 13.8 Å². The Morgan fingerprint density at radius 1 is 1.15 bits per heavy atom. The summed E-state index contributed by atoms with van der Waals surface area (Å²) >= 11 is 0. The molecule has 0 aliphatic heterocycles. The third kappa shape index (κ3) is 1.78. The molecule has 0 amide bonds. The maximum Gasteiger partial charge on any atom is 0.0559 e. The molecule has 3 heteroatoms. The molecule has 4 aliphatic rings. The minimum absolute atomic E-state index is 0.0977. The van der Waals surface area contributed by atoms with Crippen molar-refractivity contribution < 1.29 is 0 Å². The van der Waals surface area contributed by atoms with Crippen molar-refractivity contribution in [1.29, 1.82) is 0 Å². The third-order valence-corrected chi connectivity index (χ3v) is 6.33. The molecule has 1 atom stereocenters. The zero-order valence-corrected chi connectivity index (χ0v) is 12.7. The second kappa shape index (κ2) is 4.33. The predicted octanol–water partition coefficient (Wildman–Crippen LogP) is 3.53. The van der Waals surface area contributed by atoms with Crippen LogP contribution in [0.3, 0.4) is 0 Å². The normalized spacial score (nSPS) is 40.5. The molecule has 4 saturated carbocycles. The molecule has 3 N–H and O–H groups in total. The van der Waals surface area contributed by atoms with Gasteiger partial charge in [-0.3, -0.25) is 5.10 Å². The first-order valence-electron chi connectivity index (χ1n) is 8.37. The Morgan fingerprint density at radius 2 is 1.70 bits per heavy atom. The van der Waals surface area contributed by atoms with Crippen LogP contribution in [-0.4, -0.2) is 10.2 Å². The van der Waals surface area contributed by atoms with E-state index in [-0.39, 0.29) is 6.04 Å². The van der Waals surface area contributed by atoms with Gasteiger partial charge in [0.15, 0.2) is 0 Å². The molecule has 4 bridgehead atoms. The fraction of sp³-hybridized carbons (Fsp3) is 0.824. The quantitative estimate of drug-likeness (QED) is 0.885. The van der Waals surface area contributed by atoms with Crippen molar-refractivity contribution in [2.45, 2.75) is 63.8 Å². The van der Waals surface area contributed by atoms with Crippen LogP contribution >= 0.6 is 0 Å². The molecule has 1 unspecified atom stereocenters. The Hall–Kier alpha value is -0.830. The average molecular weight is 273 g/mol. The number of aromatic nitrogens is 2. The van der Waals surface area contributed by atoms with Gasteiger partial charge in [-0.2, -0.15) is 5.10 Å². The number of nitrogens with zero attached hydrogens (tertiary/aromatic N) is 1. The van der Waals surface area contributed by atoms with Crippen LogP contribution in [0.5, 0.6) is 0 Å². The van der Waals surface area contributed by atoms with E-state index in [1.807, 2.05) is 0 Å². The van der Waals surface area contributed by atoms with Crippen LogP contribution in [-0.2, 0) is 5.41 Å². The molecule has 1 aromatic heterocycles. The van der Waals surface area contributed by atoms with Crippen molar-refractivity contribution in [3.8, 4) is 0 Å². The van der Waals surface area contributed by atoms with Crippen LogP contribution in [0.15, 0.2) is 6.20 Å². The Bertz CT molecular complexity index is 467. The summed E-state index contributed by atoms with van der Waals surface area (Å²) in [6, 6.07) is 0.0977. The highest BCUT2D eigenvalue weighted by atomic mass is 15.1. The van der Waals surface area contributed by atoms with E-state index < -0.39 is 0 Å². The monoisotopic (exact) mass is 273 g/mol. The number of H-pyrrole nitrogens is 1. The largest absolute Gasteiger partial charge is 0.322 e. The van der Waals surface area contributed by atoms with Crippen LogP contribution in [0, 0.1) is 23.7 Å². The summed E-state index contributed by atoms with van der Waals surface area (Å²) in [6.07, 6.45) is 10.7. The van der Waals surface area contributed by atoms with Crippen molar-refractivity contribution in [1.82, 2.24) is 10.2 Å². The number of aromatic amines is 1. The molecule has 4 fully saturated rings. The van der Waals surface area contributed by atoms with E-state index in [1.54, 1.807) is 0 Å². The van der Waals surface area contributed by atoms with Crippen LogP contribution in [0.1, 0.15) is 69.7 Å². The van der Waals surface area contributed by atoms with Crippen molar-refractivity contribution in [3.05, 3.63) is 17.5 Å². The van der Waals surface area contributed by atoms with E-state index in [9.17, 15) is 0 Å². The summed E-state index contributed by atoms with van der Waals surface area (Å²) in [5.41, 5.74) is 9.53. The summed E-state index contributed by atoms with van der Waals surface area (Å²) < 4.78 is 0. The van der Waals surface area contributed by atoms with Crippen molar-refractivity contribution >= 4 is 0 Å². The smallest absolute Gasteiger partial charge is 0.0559 e. The maximum atomic E-state index is 6.43. The van der Waals surface area contributed by atoms with Gasteiger partial charge in [-0.25, -0.2) is 0 Å². The molecular weight excluding hydrogens is 246 g/mol. The average Bonchev–Trinajstić information content (AvgIpc) is 2.85. The number of rotatable bonds is 3. The maximum absolute atomic E-state index is 6.43. The van der Waals surface area contributed by atoms with Gasteiger partial charge in [0, 0.05) is 11.6 Å². The minimum atomic E-state index is 0.0977. The lowest BCUT2D eigenvalue weighted by atomic mass is 9.48. The van der Waals surface area contributed by atoms with Gasteiger partial charge in [0.05, 0.1) is 11.9 Å². The fourth-order valence-corrected chi connectivity index (χ4v) is 5.75. The van der Waals surface area contributed by atoms with E-state index in [4.69, 9.17) is 5.73 Å². The first kappa shape index (κ1) is 12.9. The van der Waals surface area contributed by atoms with Gasteiger partial charge < -0.3 is 5.73 Å². The number of hydrogen-bond acceptors (Lipinski definition) is 2. The standard InChI is InChI=1S/C17H27N3/c1-10(2)15(18)16-14(9-19-20-16)17-6-11-3-12(7-17)5-13(4-11)8-17/h9-13,15H,3-8,18H2,1-2H3,(H,19,20). The summed E-state index contributed by atoms with van der Waals surface area (Å²) in [5.74, 6) is 3.38. The Kier molecular flexibility index (Phi) is 2.79. The molecule has 5 rings (SSSR count). The molecule has 20 heavy (non-hydrogen) atoms. The lowest BCUT2D eigenvalue weighted by molar-refractivity contribution is -0.00579. The Labute approximate surface area is 121 Å². The van der Waals surface area contributed by atoms with Gasteiger partial charge in [-0.05, 0) is 67.6 Å². The fourth-order valence-electron chi connectivity index (χ4n) is 5.75. The second-order valence-electron chi connectivity index (χ2n) is 8.17. The van der Waals surface area contributed by atoms with Crippen molar-refractivity contribution in [3.63, 3.8) is 0 Å². The molecule has 0 spiro atoms. The van der Waals surface area contributed by atoms with Gasteiger partial charge in [0.1, 0.15) is 0 Å². The molecule has 3 nitrogen and oxygen atoms in total. The van der Waals surface area contributed by atoms with Crippen LogP contribution in [0.2, 0.25) is 0 Å². The van der Waals surface area contributed by atoms with Gasteiger partial charge >= 0.3 is 0 Å². The highest BCUT2D eigenvalue weighted by molar-refractivity contribution is 5.33. The minimum Gasteiger partial charge on any atom is -0.322 e. The summed E-state index contributed by atoms with van der Waals surface area (Å²) in [6.45, 7) is 4.41. The third-order valence-electron chi connectivity index (χ3n) is 6.33. The summed E-state index contributed by atoms with van der Waals surface area (Å²) in [5, 5.41) is 7.61. The second-order valence-corrected chi connectivity index (χ2v) is 8.17. The summed E-state index contributed by atoms with van der Waals surface area (Å²) in [4.78, 5) is 0. The molecule has 0 saturated heterocycles. The van der Waals surface area contributed by atoms with Crippen molar-refractivity contribution in [2.75, 3.05) is 0 Å². The highest BCUT2D eigenvalue weighted by Gasteiger charge is 2.52. The Balaban J connectivity index is 1.73. The SMILES string of the molecule is CC(C)C(N)c1[nH]ncc1C12CC3CC(CC(C3)C1)C2. The van der Waals surface area contributed by atoms with Crippen LogP contribution < -0.4 is 5.73 Å². The lowest BCUT2D eigenvalue weighted by Gasteiger charge is -2.57.